The van der Waals surface area contributed by atoms with Crippen molar-refractivity contribution in [3.63, 3.8) is 0 Å². The van der Waals surface area contributed by atoms with E-state index in [0.717, 1.165) is 0 Å². The normalized spacial score (nSPS) is 10.1. The Labute approximate surface area is 104 Å². The third kappa shape index (κ3) is 2.62. The van der Waals surface area contributed by atoms with E-state index in [1.165, 1.54) is 4.68 Å². The van der Waals surface area contributed by atoms with E-state index >= 15 is 0 Å². The minimum atomic E-state index is -0.180. The van der Waals surface area contributed by atoms with Crippen molar-refractivity contribution in [3.8, 4) is 5.75 Å². The summed E-state index contributed by atoms with van der Waals surface area (Å²) in [5.41, 5.74) is 0.561. The number of benzene rings is 1. The van der Waals surface area contributed by atoms with E-state index in [0.29, 0.717) is 17.1 Å². The number of hydrogen-bond acceptors (Lipinski definition) is 5. The van der Waals surface area contributed by atoms with Crippen molar-refractivity contribution < 1.29 is 9.53 Å². The molecule has 2 aromatic rings. The van der Waals surface area contributed by atoms with Gasteiger partial charge in [0.15, 0.2) is 5.82 Å². The van der Waals surface area contributed by atoms with Crippen LogP contribution in [-0.2, 0) is 13.6 Å². The maximum atomic E-state index is 11.8. The lowest BCUT2D eigenvalue weighted by Crippen LogP contribution is -2.24. The minimum Gasteiger partial charge on any atom is -0.497 e. The average Bonchev–Trinajstić information content (AvgIpc) is 2.81. The molecule has 0 aliphatic carbocycles. The van der Waals surface area contributed by atoms with Crippen molar-refractivity contribution in [2.75, 3.05) is 7.11 Å². The first-order valence-corrected chi connectivity index (χ1v) is 5.34. The second-order valence-corrected chi connectivity index (χ2v) is 3.63. The van der Waals surface area contributed by atoms with Crippen LogP contribution in [0.1, 0.15) is 16.2 Å². The van der Waals surface area contributed by atoms with Gasteiger partial charge in [0.2, 0.25) is 0 Å². The molecule has 1 N–H and O–H groups in total. The number of aryl methyl sites for hydroxylation is 1. The third-order valence-electron chi connectivity index (χ3n) is 2.47. The lowest BCUT2D eigenvalue weighted by molar-refractivity contribution is 0.0949. The SMILES string of the molecule is COc1ccc(C(=O)NCc2nnnn2C)cc1. The summed E-state index contributed by atoms with van der Waals surface area (Å²) in [5, 5.41) is 13.7. The first kappa shape index (κ1) is 12.0. The number of aromatic nitrogens is 4. The van der Waals surface area contributed by atoms with E-state index in [-0.39, 0.29) is 12.5 Å². The molecule has 94 valence electrons. The number of tetrazole rings is 1. The van der Waals surface area contributed by atoms with Crippen molar-refractivity contribution in [1.82, 2.24) is 25.5 Å². The number of carbonyl (C=O) groups is 1. The molecule has 0 saturated heterocycles. The Hall–Kier alpha value is -2.44. The van der Waals surface area contributed by atoms with Crippen LogP contribution >= 0.6 is 0 Å². The second-order valence-electron chi connectivity index (χ2n) is 3.63. The molecule has 0 aliphatic rings. The molecule has 0 unspecified atom stereocenters. The maximum absolute atomic E-state index is 11.8. The number of methoxy groups -OCH3 is 1. The van der Waals surface area contributed by atoms with Crippen LogP contribution < -0.4 is 10.1 Å². The number of amides is 1. The van der Waals surface area contributed by atoms with Gasteiger partial charge >= 0.3 is 0 Å². The lowest BCUT2D eigenvalue weighted by atomic mass is 10.2. The highest BCUT2D eigenvalue weighted by molar-refractivity contribution is 5.94. The molecule has 7 heteroatoms. The molecule has 7 nitrogen and oxygen atoms in total. The van der Waals surface area contributed by atoms with Gasteiger partial charge in [-0.1, -0.05) is 0 Å². The summed E-state index contributed by atoms with van der Waals surface area (Å²) in [6, 6.07) is 6.86. The number of nitrogens with one attached hydrogen (secondary N) is 1. The summed E-state index contributed by atoms with van der Waals surface area (Å²) in [6.07, 6.45) is 0. The molecular formula is C11H13N5O2. The summed E-state index contributed by atoms with van der Waals surface area (Å²) >= 11 is 0. The van der Waals surface area contributed by atoms with E-state index in [1.807, 2.05) is 0 Å². The topological polar surface area (TPSA) is 81.9 Å². The highest BCUT2D eigenvalue weighted by atomic mass is 16.5. The van der Waals surface area contributed by atoms with Gasteiger partial charge in [0, 0.05) is 12.6 Å². The fourth-order valence-corrected chi connectivity index (χ4v) is 1.40. The summed E-state index contributed by atoms with van der Waals surface area (Å²) < 4.78 is 6.53. The molecular weight excluding hydrogens is 234 g/mol. The van der Waals surface area contributed by atoms with E-state index < -0.39 is 0 Å². The standard InChI is InChI=1S/C11H13N5O2/c1-16-10(13-14-15-16)7-12-11(17)8-3-5-9(18-2)6-4-8/h3-6H,7H2,1-2H3,(H,12,17). The van der Waals surface area contributed by atoms with E-state index in [4.69, 9.17) is 4.74 Å². The zero-order valence-electron chi connectivity index (χ0n) is 10.1. The average molecular weight is 247 g/mol. The van der Waals surface area contributed by atoms with Crippen LogP contribution in [0, 0.1) is 0 Å². The van der Waals surface area contributed by atoms with Crippen LogP contribution in [0.25, 0.3) is 0 Å². The third-order valence-corrected chi connectivity index (χ3v) is 2.47. The molecule has 0 bridgehead atoms. The lowest BCUT2D eigenvalue weighted by Gasteiger charge is -2.05. The molecule has 2 rings (SSSR count). The smallest absolute Gasteiger partial charge is 0.251 e. The van der Waals surface area contributed by atoms with Gasteiger partial charge in [-0.15, -0.1) is 5.10 Å². The highest BCUT2D eigenvalue weighted by Gasteiger charge is 2.07. The molecule has 0 fully saturated rings. The molecule has 1 aromatic heterocycles. The Bertz CT molecular complexity index is 535. The van der Waals surface area contributed by atoms with E-state index in [1.54, 1.807) is 38.4 Å². The number of carbonyl (C=O) groups excluding carboxylic acids is 1. The Kier molecular flexibility index (Phi) is 3.52. The maximum Gasteiger partial charge on any atom is 0.251 e. The fraction of sp³-hybridized carbons (Fsp3) is 0.273. The van der Waals surface area contributed by atoms with Gasteiger partial charge in [-0.3, -0.25) is 4.79 Å². The van der Waals surface area contributed by atoms with Gasteiger partial charge in [-0.25, -0.2) is 4.68 Å². The second kappa shape index (κ2) is 5.26. The van der Waals surface area contributed by atoms with Crippen LogP contribution in [0.4, 0.5) is 0 Å². The van der Waals surface area contributed by atoms with Gasteiger partial charge in [-0.05, 0) is 34.7 Å². The first-order chi connectivity index (χ1) is 8.70. The minimum absolute atomic E-state index is 0.180. The molecule has 1 aromatic carbocycles. The first-order valence-electron chi connectivity index (χ1n) is 5.34. The predicted molar refractivity (Wildman–Crippen MR) is 63.0 cm³/mol. The molecule has 0 atom stereocenters. The van der Waals surface area contributed by atoms with Crippen LogP contribution in [0.2, 0.25) is 0 Å². The van der Waals surface area contributed by atoms with E-state index in [2.05, 4.69) is 20.8 Å². The van der Waals surface area contributed by atoms with Gasteiger partial charge in [0.25, 0.3) is 5.91 Å². The number of rotatable bonds is 4. The molecule has 0 radical (unpaired) electrons. The molecule has 0 spiro atoms. The van der Waals surface area contributed by atoms with Crippen molar-refractivity contribution in [1.29, 1.82) is 0 Å². The molecule has 0 aliphatic heterocycles. The number of nitrogens with zero attached hydrogens (tertiary/aromatic N) is 4. The quantitative estimate of drug-likeness (QED) is 0.831. The van der Waals surface area contributed by atoms with Crippen molar-refractivity contribution in [3.05, 3.63) is 35.7 Å². The zero-order chi connectivity index (χ0) is 13.0. The Balaban J connectivity index is 1.97. The fourth-order valence-electron chi connectivity index (χ4n) is 1.40. The molecule has 18 heavy (non-hydrogen) atoms. The zero-order valence-corrected chi connectivity index (χ0v) is 10.1. The molecule has 1 amide bonds. The van der Waals surface area contributed by atoms with Crippen LogP contribution in [-0.4, -0.2) is 33.2 Å². The Morgan fingerprint density at radius 1 is 1.39 bits per heavy atom. The van der Waals surface area contributed by atoms with Gasteiger partial charge in [0.05, 0.1) is 13.7 Å². The number of ether oxygens (including phenoxy) is 1. The summed E-state index contributed by atoms with van der Waals surface area (Å²) in [7, 11) is 3.30. The predicted octanol–water partition coefficient (Wildman–Crippen LogP) is 0.149. The Morgan fingerprint density at radius 2 is 2.11 bits per heavy atom. The van der Waals surface area contributed by atoms with Crippen molar-refractivity contribution in [2.45, 2.75) is 6.54 Å². The van der Waals surface area contributed by atoms with Gasteiger partial charge in [-0.2, -0.15) is 0 Å². The Morgan fingerprint density at radius 3 is 2.67 bits per heavy atom. The van der Waals surface area contributed by atoms with E-state index in [9.17, 15) is 4.79 Å². The number of hydrogen-bond donors (Lipinski definition) is 1. The monoisotopic (exact) mass is 247 g/mol. The van der Waals surface area contributed by atoms with Crippen LogP contribution in [0.3, 0.4) is 0 Å². The summed E-state index contributed by atoms with van der Waals surface area (Å²) in [5.74, 6) is 1.13. The highest BCUT2D eigenvalue weighted by Crippen LogP contribution is 2.11. The summed E-state index contributed by atoms with van der Waals surface area (Å²) in [6.45, 7) is 0.286. The summed E-state index contributed by atoms with van der Waals surface area (Å²) in [4.78, 5) is 11.8. The van der Waals surface area contributed by atoms with Crippen LogP contribution in [0.5, 0.6) is 5.75 Å². The van der Waals surface area contributed by atoms with Gasteiger partial charge < -0.3 is 10.1 Å². The molecule has 1 heterocycles. The molecule has 0 saturated carbocycles. The largest absolute Gasteiger partial charge is 0.497 e. The van der Waals surface area contributed by atoms with Crippen molar-refractivity contribution in [2.24, 2.45) is 7.05 Å². The van der Waals surface area contributed by atoms with Crippen molar-refractivity contribution >= 4 is 5.91 Å². The van der Waals surface area contributed by atoms with Crippen LogP contribution in [0.15, 0.2) is 24.3 Å². The van der Waals surface area contributed by atoms with Gasteiger partial charge in [0.1, 0.15) is 5.75 Å².